The molecule has 2 rings (SSSR count). The molecule has 35 heavy (non-hydrogen) atoms. The Morgan fingerprint density at radius 1 is 0.943 bits per heavy atom. The molecule has 0 aliphatic carbocycles. The first-order chi connectivity index (χ1) is 16.7. The normalized spacial score (nSPS) is 21.2. The van der Waals surface area contributed by atoms with Crippen LogP contribution in [0.3, 0.4) is 0 Å². The highest BCUT2D eigenvalue weighted by atomic mass is 32.2. The number of ether oxygens (including phenoxy) is 4. The fourth-order valence-corrected chi connectivity index (χ4v) is 5.25. The molecule has 2 aliphatic heterocycles. The molecule has 3 unspecified atom stereocenters. The average molecular weight is 519 g/mol. The Morgan fingerprint density at radius 3 is 2.23 bits per heavy atom. The van der Waals surface area contributed by atoms with Crippen molar-refractivity contribution in [2.24, 2.45) is 0 Å². The standard InChI is InChI=1S/C23H42N4O7S/c1-23(2,3)34-22(30)25-9-11-32-13-15-33-14-12-31-10-8-24-19(28)7-5-4-6-18-20-17(16-35-18)26-21(29)27-20/h17-18,20H,4-16H2,1-3H3,(H,24,28)(H,25,30)(H2,26,27,29). The van der Waals surface area contributed by atoms with E-state index in [4.69, 9.17) is 18.9 Å². The first-order valence-electron chi connectivity index (χ1n) is 12.4. The lowest BCUT2D eigenvalue weighted by molar-refractivity contribution is -0.121. The number of fused-ring (bicyclic) bond motifs is 1. The van der Waals surface area contributed by atoms with Crippen molar-refractivity contribution in [3.63, 3.8) is 0 Å². The second-order valence-corrected chi connectivity index (χ2v) is 10.8. The number of amides is 4. The van der Waals surface area contributed by atoms with Crippen LogP contribution in [0.15, 0.2) is 0 Å². The molecule has 2 saturated heterocycles. The molecular formula is C23H42N4O7S. The van der Waals surface area contributed by atoms with E-state index in [1.54, 1.807) is 0 Å². The number of urea groups is 1. The van der Waals surface area contributed by atoms with Crippen molar-refractivity contribution in [3.8, 4) is 0 Å². The molecule has 0 spiro atoms. The molecule has 2 heterocycles. The van der Waals surface area contributed by atoms with Gasteiger partial charge in [-0.15, -0.1) is 0 Å². The number of rotatable bonds is 17. The molecule has 4 amide bonds. The van der Waals surface area contributed by atoms with Crippen LogP contribution < -0.4 is 21.3 Å². The third-order valence-electron chi connectivity index (χ3n) is 5.31. The Labute approximate surface area is 212 Å². The molecule has 202 valence electrons. The summed E-state index contributed by atoms with van der Waals surface area (Å²) in [4.78, 5) is 34.8. The zero-order chi connectivity index (χ0) is 25.5. The minimum absolute atomic E-state index is 0.0379. The van der Waals surface area contributed by atoms with Crippen molar-refractivity contribution in [2.45, 2.75) is 69.4 Å². The summed E-state index contributed by atoms with van der Waals surface area (Å²) < 4.78 is 21.4. The fourth-order valence-electron chi connectivity index (χ4n) is 3.71. The average Bonchev–Trinajstić information content (AvgIpc) is 3.32. The van der Waals surface area contributed by atoms with Crippen molar-refractivity contribution in [1.82, 2.24) is 21.3 Å². The number of unbranched alkanes of at least 4 members (excludes halogenated alkanes) is 1. The van der Waals surface area contributed by atoms with Crippen LogP contribution in [0.2, 0.25) is 0 Å². The number of nitrogens with one attached hydrogen (secondary N) is 4. The number of thioether (sulfide) groups is 1. The van der Waals surface area contributed by atoms with Gasteiger partial charge in [0.05, 0.1) is 51.7 Å². The van der Waals surface area contributed by atoms with E-state index in [2.05, 4.69) is 21.3 Å². The van der Waals surface area contributed by atoms with Crippen molar-refractivity contribution in [3.05, 3.63) is 0 Å². The van der Waals surface area contributed by atoms with Gasteiger partial charge in [-0.05, 0) is 33.6 Å². The van der Waals surface area contributed by atoms with E-state index in [1.807, 2.05) is 32.5 Å². The Balaban J connectivity index is 1.29. The van der Waals surface area contributed by atoms with Crippen molar-refractivity contribution in [2.75, 3.05) is 58.5 Å². The van der Waals surface area contributed by atoms with Gasteiger partial charge >= 0.3 is 12.1 Å². The summed E-state index contributed by atoms with van der Waals surface area (Å²) in [6, 6.07) is 0.413. The number of carbonyl (C=O) groups excluding carboxylic acids is 3. The van der Waals surface area contributed by atoms with Crippen LogP contribution in [0.1, 0.15) is 46.5 Å². The number of carbonyl (C=O) groups is 3. The Hall–Kier alpha value is -1.76. The molecule has 2 aliphatic rings. The van der Waals surface area contributed by atoms with Gasteiger partial charge in [-0.25, -0.2) is 9.59 Å². The number of alkyl carbamates (subject to hydrolysis) is 1. The van der Waals surface area contributed by atoms with Gasteiger partial charge in [-0.2, -0.15) is 11.8 Å². The molecular weight excluding hydrogens is 476 g/mol. The van der Waals surface area contributed by atoms with E-state index in [1.165, 1.54) is 0 Å². The van der Waals surface area contributed by atoms with Gasteiger partial charge in [0.1, 0.15) is 5.60 Å². The zero-order valence-corrected chi connectivity index (χ0v) is 22.0. The van der Waals surface area contributed by atoms with E-state index in [0.717, 1.165) is 25.0 Å². The first kappa shape index (κ1) is 29.5. The van der Waals surface area contributed by atoms with Gasteiger partial charge in [0.2, 0.25) is 5.91 Å². The molecule has 4 N–H and O–H groups in total. The summed E-state index contributed by atoms with van der Waals surface area (Å²) >= 11 is 1.90. The van der Waals surface area contributed by atoms with Gasteiger partial charge in [0.15, 0.2) is 0 Å². The molecule has 0 saturated carbocycles. The molecule has 3 atom stereocenters. The van der Waals surface area contributed by atoms with Crippen LogP contribution in [0.4, 0.5) is 9.59 Å². The van der Waals surface area contributed by atoms with E-state index in [0.29, 0.717) is 64.4 Å². The molecule has 11 nitrogen and oxygen atoms in total. The topological polar surface area (TPSA) is 136 Å². The predicted molar refractivity (Wildman–Crippen MR) is 134 cm³/mol. The lowest BCUT2D eigenvalue weighted by atomic mass is 10.0. The van der Waals surface area contributed by atoms with Crippen LogP contribution in [-0.2, 0) is 23.7 Å². The monoisotopic (exact) mass is 518 g/mol. The molecule has 0 radical (unpaired) electrons. The summed E-state index contributed by atoms with van der Waals surface area (Å²) in [5.74, 6) is 0.999. The summed E-state index contributed by atoms with van der Waals surface area (Å²) in [7, 11) is 0. The van der Waals surface area contributed by atoms with E-state index in [-0.39, 0.29) is 24.0 Å². The minimum atomic E-state index is -0.513. The fraction of sp³-hybridized carbons (Fsp3) is 0.870. The van der Waals surface area contributed by atoms with Gasteiger partial charge in [-0.3, -0.25) is 4.79 Å². The van der Waals surface area contributed by atoms with E-state index < -0.39 is 11.7 Å². The zero-order valence-electron chi connectivity index (χ0n) is 21.2. The van der Waals surface area contributed by atoms with Crippen molar-refractivity contribution < 1.29 is 33.3 Å². The van der Waals surface area contributed by atoms with Gasteiger partial charge in [-0.1, -0.05) is 6.42 Å². The van der Waals surface area contributed by atoms with Crippen molar-refractivity contribution in [1.29, 1.82) is 0 Å². The molecule has 2 fully saturated rings. The minimum Gasteiger partial charge on any atom is -0.444 e. The highest BCUT2D eigenvalue weighted by Crippen LogP contribution is 2.33. The van der Waals surface area contributed by atoms with E-state index in [9.17, 15) is 14.4 Å². The predicted octanol–water partition coefficient (Wildman–Crippen LogP) is 1.40. The molecule has 0 aromatic carbocycles. The maximum absolute atomic E-state index is 11.9. The lowest BCUT2D eigenvalue weighted by Gasteiger charge is -2.19. The smallest absolute Gasteiger partial charge is 0.407 e. The quantitative estimate of drug-likeness (QED) is 0.168. The summed E-state index contributed by atoms with van der Waals surface area (Å²) in [5.41, 5.74) is -0.513. The maximum atomic E-state index is 11.9. The Bertz CT molecular complexity index is 662. The van der Waals surface area contributed by atoms with E-state index >= 15 is 0 Å². The van der Waals surface area contributed by atoms with Gasteiger partial charge in [0, 0.05) is 30.5 Å². The van der Waals surface area contributed by atoms with Crippen molar-refractivity contribution >= 4 is 29.8 Å². The second-order valence-electron chi connectivity index (χ2n) is 9.48. The molecule has 12 heteroatoms. The second kappa shape index (κ2) is 16.1. The van der Waals surface area contributed by atoms with Crippen LogP contribution in [0.25, 0.3) is 0 Å². The third kappa shape index (κ3) is 13.2. The largest absolute Gasteiger partial charge is 0.444 e. The third-order valence-corrected chi connectivity index (χ3v) is 6.82. The van der Waals surface area contributed by atoms with Gasteiger partial charge < -0.3 is 40.2 Å². The number of hydrogen-bond acceptors (Lipinski definition) is 8. The summed E-state index contributed by atoms with van der Waals surface area (Å²) in [6.07, 6.45) is 2.88. The molecule has 0 aromatic rings. The van der Waals surface area contributed by atoms with Gasteiger partial charge in [0.25, 0.3) is 0 Å². The maximum Gasteiger partial charge on any atom is 0.407 e. The number of hydrogen-bond donors (Lipinski definition) is 4. The van der Waals surface area contributed by atoms with Crippen LogP contribution in [-0.4, -0.2) is 99.4 Å². The SMILES string of the molecule is CC(C)(C)OC(=O)NCCOCCOCCOCCNC(=O)CCCCC1SCC2NC(=O)NC21. The molecule has 0 bridgehead atoms. The van der Waals surface area contributed by atoms with Crippen LogP contribution in [0, 0.1) is 0 Å². The highest BCUT2D eigenvalue weighted by molar-refractivity contribution is 8.00. The molecule has 0 aromatic heterocycles. The Kier molecular flexibility index (Phi) is 13.5. The Morgan fingerprint density at radius 2 is 1.57 bits per heavy atom. The summed E-state index contributed by atoms with van der Waals surface area (Å²) in [5, 5.41) is 11.9. The summed E-state index contributed by atoms with van der Waals surface area (Å²) in [6.45, 7) is 8.88. The highest BCUT2D eigenvalue weighted by Gasteiger charge is 2.42. The van der Waals surface area contributed by atoms with Crippen LogP contribution >= 0.6 is 11.8 Å². The van der Waals surface area contributed by atoms with Crippen LogP contribution in [0.5, 0.6) is 0 Å². The first-order valence-corrected chi connectivity index (χ1v) is 13.4. The lowest BCUT2D eigenvalue weighted by Crippen LogP contribution is -2.36.